The van der Waals surface area contributed by atoms with Gasteiger partial charge in [-0.15, -0.1) is 0 Å². The molecule has 1 aromatic heterocycles. The SMILES string of the molecule is COc1ccc(C2=NN(C(=O)COC(=O)COc3ccccc3C)C(c3ccco3)C2)cc1. The second kappa shape index (κ2) is 10.0. The van der Waals surface area contributed by atoms with E-state index in [1.165, 1.54) is 5.01 Å². The van der Waals surface area contributed by atoms with Gasteiger partial charge in [-0.05, 0) is 60.5 Å². The van der Waals surface area contributed by atoms with Crippen molar-refractivity contribution in [3.8, 4) is 11.5 Å². The Morgan fingerprint density at radius 3 is 2.55 bits per heavy atom. The van der Waals surface area contributed by atoms with Gasteiger partial charge in [-0.1, -0.05) is 18.2 Å². The molecule has 2 heterocycles. The van der Waals surface area contributed by atoms with Crippen LogP contribution in [0.2, 0.25) is 0 Å². The van der Waals surface area contributed by atoms with Crippen LogP contribution in [-0.4, -0.2) is 42.9 Å². The van der Waals surface area contributed by atoms with Gasteiger partial charge < -0.3 is 18.6 Å². The topological polar surface area (TPSA) is 90.6 Å². The Morgan fingerprint density at radius 1 is 1.06 bits per heavy atom. The van der Waals surface area contributed by atoms with Crippen LogP contribution in [0.3, 0.4) is 0 Å². The summed E-state index contributed by atoms with van der Waals surface area (Å²) in [6.07, 6.45) is 2.02. The summed E-state index contributed by atoms with van der Waals surface area (Å²) in [6, 6.07) is 17.9. The summed E-state index contributed by atoms with van der Waals surface area (Å²) >= 11 is 0. The second-order valence-corrected chi connectivity index (χ2v) is 7.46. The molecule has 0 bridgehead atoms. The summed E-state index contributed by atoms with van der Waals surface area (Å²) < 4.78 is 21.4. The summed E-state index contributed by atoms with van der Waals surface area (Å²) in [6.45, 7) is 1.14. The third-order valence-electron chi connectivity index (χ3n) is 5.26. The van der Waals surface area contributed by atoms with E-state index in [0.29, 0.717) is 17.9 Å². The first-order valence-corrected chi connectivity index (χ1v) is 10.5. The molecule has 0 spiro atoms. The normalized spacial score (nSPS) is 15.2. The van der Waals surface area contributed by atoms with Crippen molar-refractivity contribution in [3.05, 3.63) is 83.8 Å². The number of esters is 1. The zero-order valence-electron chi connectivity index (χ0n) is 18.4. The van der Waals surface area contributed by atoms with Gasteiger partial charge in [0.05, 0.1) is 19.1 Å². The molecule has 8 nitrogen and oxygen atoms in total. The maximum absolute atomic E-state index is 12.9. The van der Waals surface area contributed by atoms with Crippen molar-refractivity contribution in [2.45, 2.75) is 19.4 Å². The Morgan fingerprint density at radius 2 is 1.85 bits per heavy atom. The summed E-state index contributed by atoms with van der Waals surface area (Å²) in [5.41, 5.74) is 2.49. The van der Waals surface area contributed by atoms with Crippen LogP contribution in [-0.2, 0) is 14.3 Å². The highest BCUT2D eigenvalue weighted by Crippen LogP contribution is 2.33. The molecule has 8 heteroatoms. The lowest BCUT2D eigenvalue weighted by Crippen LogP contribution is -2.32. The smallest absolute Gasteiger partial charge is 0.344 e. The van der Waals surface area contributed by atoms with Crippen LogP contribution in [0.4, 0.5) is 0 Å². The van der Waals surface area contributed by atoms with Crippen LogP contribution < -0.4 is 9.47 Å². The van der Waals surface area contributed by atoms with E-state index in [2.05, 4.69) is 5.10 Å². The number of benzene rings is 2. The number of para-hydroxylation sites is 1. The Kier molecular flexibility index (Phi) is 6.73. The fourth-order valence-electron chi connectivity index (χ4n) is 3.51. The molecule has 0 fully saturated rings. The molecular weight excluding hydrogens is 424 g/mol. The van der Waals surface area contributed by atoms with E-state index in [4.69, 9.17) is 18.6 Å². The van der Waals surface area contributed by atoms with E-state index < -0.39 is 24.5 Å². The number of rotatable bonds is 8. The molecule has 1 unspecified atom stereocenters. The number of furan rings is 1. The van der Waals surface area contributed by atoms with Crippen molar-refractivity contribution in [1.82, 2.24) is 5.01 Å². The van der Waals surface area contributed by atoms with Crippen molar-refractivity contribution >= 4 is 17.6 Å². The molecule has 0 saturated heterocycles. The highest BCUT2D eigenvalue weighted by atomic mass is 16.6. The number of aryl methyl sites for hydroxylation is 1. The Bertz CT molecular complexity index is 1140. The average Bonchev–Trinajstić information content (AvgIpc) is 3.52. The van der Waals surface area contributed by atoms with Gasteiger partial charge in [0, 0.05) is 6.42 Å². The standard InChI is InChI=1S/C25H24N2O6/c1-17-6-3-4-7-22(17)32-16-25(29)33-15-24(28)27-21(23-8-5-13-31-23)14-20(26-27)18-9-11-19(30-2)12-10-18/h3-13,21H,14-16H2,1-2H3. The monoisotopic (exact) mass is 448 g/mol. The van der Waals surface area contributed by atoms with Crippen molar-refractivity contribution in [3.63, 3.8) is 0 Å². The lowest BCUT2D eigenvalue weighted by atomic mass is 10.0. The first-order valence-electron chi connectivity index (χ1n) is 10.5. The maximum atomic E-state index is 12.9. The van der Waals surface area contributed by atoms with Crippen molar-refractivity contribution in [2.24, 2.45) is 5.10 Å². The Hall–Kier alpha value is -4.07. The second-order valence-electron chi connectivity index (χ2n) is 7.46. The van der Waals surface area contributed by atoms with Gasteiger partial charge >= 0.3 is 5.97 Å². The molecule has 1 amide bonds. The van der Waals surface area contributed by atoms with Crippen molar-refractivity contribution in [1.29, 1.82) is 0 Å². The molecular formula is C25H24N2O6. The fraction of sp³-hybridized carbons (Fsp3) is 0.240. The maximum Gasteiger partial charge on any atom is 0.344 e. The number of hydrogen-bond acceptors (Lipinski definition) is 7. The third-order valence-corrected chi connectivity index (χ3v) is 5.26. The Balaban J connectivity index is 1.41. The predicted molar refractivity (Wildman–Crippen MR) is 120 cm³/mol. The number of carbonyl (C=O) groups is 2. The van der Waals surface area contributed by atoms with Gasteiger partial charge in [0.1, 0.15) is 23.3 Å². The average molecular weight is 448 g/mol. The molecule has 1 aliphatic rings. The van der Waals surface area contributed by atoms with Gasteiger partial charge in [0.15, 0.2) is 13.2 Å². The molecule has 170 valence electrons. The number of amides is 1. The van der Waals surface area contributed by atoms with E-state index in [-0.39, 0.29) is 6.61 Å². The molecule has 4 rings (SSSR count). The van der Waals surface area contributed by atoms with Crippen molar-refractivity contribution < 1.29 is 28.2 Å². The lowest BCUT2D eigenvalue weighted by Gasteiger charge is -2.19. The summed E-state index contributed by atoms with van der Waals surface area (Å²) in [5.74, 6) is 0.827. The van der Waals surface area contributed by atoms with E-state index in [0.717, 1.165) is 22.6 Å². The van der Waals surface area contributed by atoms with Gasteiger partial charge in [-0.2, -0.15) is 5.10 Å². The van der Waals surface area contributed by atoms with Gasteiger partial charge in [0.25, 0.3) is 5.91 Å². The van der Waals surface area contributed by atoms with Gasteiger partial charge in [-0.25, -0.2) is 9.80 Å². The number of hydrazone groups is 1. The summed E-state index contributed by atoms with van der Waals surface area (Å²) in [5, 5.41) is 5.82. The van der Waals surface area contributed by atoms with Crippen LogP contribution in [0.1, 0.15) is 29.3 Å². The van der Waals surface area contributed by atoms with Crippen molar-refractivity contribution in [2.75, 3.05) is 20.3 Å². The quantitative estimate of drug-likeness (QED) is 0.486. The van der Waals surface area contributed by atoms with Crippen LogP contribution >= 0.6 is 0 Å². The molecule has 1 aliphatic heterocycles. The number of ether oxygens (including phenoxy) is 3. The van der Waals surface area contributed by atoms with Crippen LogP contribution in [0.5, 0.6) is 11.5 Å². The highest BCUT2D eigenvalue weighted by Gasteiger charge is 2.35. The first kappa shape index (κ1) is 22.1. The molecule has 0 saturated carbocycles. The molecule has 1 atom stereocenters. The van der Waals surface area contributed by atoms with Gasteiger partial charge in [0.2, 0.25) is 0 Å². The zero-order valence-corrected chi connectivity index (χ0v) is 18.4. The van der Waals surface area contributed by atoms with E-state index in [1.54, 1.807) is 31.6 Å². The zero-order chi connectivity index (χ0) is 23.2. The molecule has 33 heavy (non-hydrogen) atoms. The minimum atomic E-state index is -0.639. The van der Waals surface area contributed by atoms with E-state index in [1.807, 2.05) is 49.4 Å². The molecule has 0 N–H and O–H groups in total. The van der Waals surface area contributed by atoms with E-state index >= 15 is 0 Å². The minimum Gasteiger partial charge on any atom is -0.497 e. The first-order chi connectivity index (χ1) is 16.0. The summed E-state index contributed by atoms with van der Waals surface area (Å²) in [7, 11) is 1.60. The molecule has 0 aliphatic carbocycles. The lowest BCUT2D eigenvalue weighted by molar-refractivity contribution is -0.154. The predicted octanol–water partition coefficient (Wildman–Crippen LogP) is 3.90. The number of carbonyl (C=O) groups excluding carboxylic acids is 2. The fourth-order valence-corrected chi connectivity index (χ4v) is 3.51. The molecule has 0 radical (unpaired) electrons. The van der Waals surface area contributed by atoms with E-state index in [9.17, 15) is 9.59 Å². The third kappa shape index (κ3) is 5.23. The molecule has 2 aromatic carbocycles. The van der Waals surface area contributed by atoms with Crippen LogP contribution in [0, 0.1) is 6.92 Å². The molecule has 3 aromatic rings. The van der Waals surface area contributed by atoms with Crippen LogP contribution in [0.15, 0.2) is 76.4 Å². The largest absolute Gasteiger partial charge is 0.497 e. The van der Waals surface area contributed by atoms with Gasteiger partial charge in [-0.3, -0.25) is 4.79 Å². The number of hydrogen-bond donors (Lipinski definition) is 0. The summed E-state index contributed by atoms with van der Waals surface area (Å²) in [4.78, 5) is 25.0. The number of methoxy groups -OCH3 is 1. The highest BCUT2D eigenvalue weighted by molar-refractivity contribution is 6.03. The Labute approximate surface area is 191 Å². The number of nitrogens with zero attached hydrogens (tertiary/aromatic N) is 2. The minimum absolute atomic E-state index is 0.292. The van der Waals surface area contributed by atoms with Crippen LogP contribution in [0.25, 0.3) is 0 Å².